The maximum atomic E-state index is 12.4. The number of thioether (sulfide) groups is 1. The lowest BCUT2D eigenvalue weighted by Gasteiger charge is -2.21. The molecule has 1 heterocycles. The number of aryl methyl sites for hydroxylation is 1. The molecule has 0 aromatic heterocycles. The summed E-state index contributed by atoms with van der Waals surface area (Å²) in [6, 6.07) is 11.1. The third-order valence-corrected chi connectivity index (χ3v) is 5.38. The molecule has 118 valence electrons. The molecule has 0 bridgehead atoms. The lowest BCUT2D eigenvalue weighted by molar-refractivity contribution is -0.115. The summed E-state index contributed by atoms with van der Waals surface area (Å²) in [6.45, 7) is 3.85. The Bertz CT molecular complexity index is 807. The van der Waals surface area contributed by atoms with Crippen molar-refractivity contribution in [2.75, 3.05) is 10.6 Å². The van der Waals surface area contributed by atoms with E-state index in [1.807, 2.05) is 38.1 Å². The van der Waals surface area contributed by atoms with Crippen LogP contribution in [0.4, 0.5) is 11.4 Å². The van der Waals surface area contributed by atoms with Gasteiger partial charge < -0.3 is 10.6 Å². The molecule has 0 saturated carbocycles. The van der Waals surface area contributed by atoms with E-state index in [-0.39, 0.29) is 17.1 Å². The summed E-state index contributed by atoms with van der Waals surface area (Å²) >= 11 is 4.94. The van der Waals surface area contributed by atoms with Crippen molar-refractivity contribution in [3.63, 3.8) is 0 Å². The van der Waals surface area contributed by atoms with E-state index in [4.69, 9.17) is 0 Å². The van der Waals surface area contributed by atoms with Gasteiger partial charge in [-0.1, -0.05) is 6.07 Å². The van der Waals surface area contributed by atoms with Crippen LogP contribution in [-0.2, 0) is 4.79 Å². The first-order valence-electron chi connectivity index (χ1n) is 7.13. The van der Waals surface area contributed by atoms with Crippen molar-refractivity contribution in [1.82, 2.24) is 0 Å². The molecule has 1 aliphatic heterocycles. The zero-order chi connectivity index (χ0) is 16.6. The van der Waals surface area contributed by atoms with Crippen molar-refractivity contribution >= 4 is 50.9 Å². The highest BCUT2D eigenvalue weighted by Gasteiger charge is 2.23. The summed E-state index contributed by atoms with van der Waals surface area (Å²) in [4.78, 5) is 25.2. The summed E-state index contributed by atoms with van der Waals surface area (Å²) < 4.78 is 0.835. The van der Waals surface area contributed by atoms with Crippen LogP contribution in [0.2, 0.25) is 0 Å². The number of carbonyl (C=O) groups is 2. The number of benzene rings is 2. The smallest absolute Gasteiger partial charge is 0.255 e. The highest BCUT2D eigenvalue weighted by Crippen LogP contribution is 2.36. The van der Waals surface area contributed by atoms with Crippen LogP contribution in [-0.4, -0.2) is 17.1 Å². The van der Waals surface area contributed by atoms with E-state index in [1.165, 1.54) is 11.8 Å². The fourth-order valence-electron chi connectivity index (χ4n) is 2.27. The van der Waals surface area contributed by atoms with Crippen LogP contribution in [0.3, 0.4) is 0 Å². The minimum Gasteiger partial charge on any atom is -0.324 e. The molecule has 3 rings (SSSR count). The molecule has 6 heteroatoms. The third-order valence-electron chi connectivity index (χ3n) is 3.55. The molecular formula is C17H15BrN2O2S. The van der Waals surface area contributed by atoms with Crippen LogP contribution >= 0.6 is 27.7 Å². The van der Waals surface area contributed by atoms with Gasteiger partial charge in [-0.3, -0.25) is 9.59 Å². The largest absolute Gasteiger partial charge is 0.324 e. The normalized spacial score (nSPS) is 16.5. The zero-order valence-electron chi connectivity index (χ0n) is 12.6. The Kier molecular flexibility index (Phi) is 4.46. The van der Waals surface area contributed by atoms with E-state index in [1.54, 1.807) is 12.1 Å². The predicted octanol–water partition coefficient (Wildman–Crippen LogP) is 4.44. The number of hydrogen-bond donors (Lipinski definition) is 2. The molecule has 2 aromatic rings. The molecule has 0 spiro atoms. The van der Waals surface area contributed by atoms with Gasteiger partial charge in [0, 0.05) is 14.9 Å². The molecule has 0 saturated heterocycles. The first-order chi connectivity index (χ1) is 10.9. The van der Waals surface area contributed by atoms with Crippen molar-refractivity contribution < 1.29 is 9.59 Å². The molecule has 0 aliphatic carbocycles. The monoisotopic (exact) mass is 390 g/mol. The Hall–Kier alpha value is -1.79. The molecule has 1 aliphatic rings. The van der Waals surface area contributed by atoms with Crippen molar-refractivity contribution in [3.05, 3.63) is 52.0 Å². The van der Waals surface area contributed by atoms with Gasteiger partial charge in [-0.15, -0.1) is 11.8 Å². The summed E-state index contributed by atoms with van der Waals surface area (Å²) in [5, 5.41) is 5.59. The van der Waals surface area contributed by atoms with Gasteiger partial charge in [-0.25, -0.2) is 0 Å². The predicted molar refractivity (Wildman–Crippen MR) is 97.2 cm³/mol. The quantitative estimate of drug-likeness (QED) is 0.796. The fourth-order valence-corrected chi connectivity index (χ4v) is 3.79. The fraction of sp³-hybridized carbons (Fsp3) is 0.176. The number of carbonyl (C=O) groups excluding carboxylic acids is 2. The second-order valence-corrected chi connectivity index (χ2v) is 7.63. The Morgan fingerprint density at radius 2 is 2.04 bits per heavy atom. The molecular weight excluding hydrogens is 376 g/mol. The maximum absolute atomic E-state index is 12.4. The Balaban J connectivity index is 1.83. The van der Waals surface area contributed by atoms with Crippen LogP contribution in [0.15, 0.2) is 45.8 Å². The number of rotatable bonds is 2. The average Bonchev–Trinajstić information content (AvgIpc) is 2.50. The highest BCUT2D eigenvalue weighted by molar-refractivity contribution is 9.10. The first-order valence-corrected chi connectivity index (χ1v) is 8.80. The van der Waals surface area contributed by atoms with E-state index in [2.05, 4.69) is 26.6 Å². The second-order valence-electron chi connectivity index (χ2n) is 5.40. The van der Waals surface area contributed by atoms with Crippen LogP contribution in [0.1, 0.15) is 22.8 Å². The lowest BCUT2D eigenvalue weighted by Crippen LogP contribution is -2.26. The van der Waals surface area contributed by atoms with Crippen molar-refractivity contribution in [1.29, 1.82) is 0 Å². The van der Waals surface area contributed by atoms with Gasteiger partial charge in [-0.2, -0.15) is 0 Å². The van der Waals surface area contributed by atoms with Gasteiger partial charge in [0.2, 0.25) is 5.91 Å². The Morgan fingerprint density at radius 3 is 2.78 bits per heavy atom. The van der Waals surface area contributed by atoms with E-state index < -0.39 is 0 Å². The van der Waals surface area contributed by atoms with Gasteiger partial charge in [0.1, 0.15) is 0 Å². The number of anilines is 2. The van der Waals surface area contributed by atoms with Crippen LogP contribution in [0.25, 0.3) is 0 Å². The van der Waals surface area contributed by atoms with Crippen LogP contribution < -0.4 is 10.6 Å². The molecule has 1 unspecified atom stereocenters. The van der Waals surface area contributed by atoms with E-state index in [0.717, 1.165) is 14.9 Å². The molecule has 0 radical (unpaired) electrons. The molecule has 4 nitrogen and oxygen atoms in total. The van der Waals surface area contributed by atoms with Gasteiger partial charge in [0.25, 0.3) is 5.91 Å². The number of fused-ring (bicyclic) bond motifs is 1. The second kappa shape index (κ2) is 6.37. The molecule has 2 amide bonds. The first kappa shape index (κ1) is 16.1. The minimum atomic E-state index is -0.213. The molecule has 1 atom stereocenters. The van der Waals surface area contributed by atoms with E-state index >= 15 is 0 Å². The minimum absolute atomic E-state index is 0.0404. The maximum Gasteiger partial charge on any atom is 0.255 e. The number of halogens is 1. The summed E-state index contributed by atoms with van der Waals surface area (Å²) in [6.07, 6.45) is 0. The zero-order valence-corrected chi connectivity index (χ0v) is 15.0. The standard InChI is InChI=1S/C17H15BrN2O2S/c1-9-3-5-13(12(18)7-9)19-17(22)11-4-6-15-14(8-11)20-16(21)10(2)23-15/h3-8,10H,1-2H3,(H,19,22)(H,20,21). The number of amides is 2. The Labute approximate surface area is 147 Å². The van der Waals surface area contributed by atoms with Gasteiger partial charge in [-0.05, 0) is 65.7 Å². The number of hydrogen-bond acceptors (Lipinski definition) is 3. The molecule has 0 fully saturated rings. The van der Waals surface area contributed by atoms with Crippen LogP contribution in [0, 0.1) is 6.92 Å². The molecule has 23 heavy (non-hydrogen) atoms. The van der Waals surface area contributed by atoms with Gasteiger partial charge in [0.15, 0.2) is 0 Å². The SMILES string of the molecule is Cc1ccc(NC(=O)c2ccc3c(c2)NC(=O)C(C)S3)c(Br)c1. The van der Waals surface area contributed by atoms with Crippen molar-refractivity contribution in [2.45, 2.75) is 24.0 Å². The van der Waals surface area contributed by atoms with Gasteiger partial charge >= 0.3 is 0 Å². The summed E-state index contributed by atoms with van der Waals surface area (Å²) in [5.74, 6) is -0.253. The van der Waals surface area contributed by atoms with Gasteiger partial charge in [0.05, 0.1) is 16.6 Å². The van der Waals surface area contributed by atoms with E-state index in [0.29, 0.717) is 16.9 Å². The van der Waals surface area contributed by atoms with E-state index in [9.17, 15) is 9.59 Å². The lowest BCUT2D eigenvalue weighted by atomic mass is 10.1. The number of nitrogens with one attached hydrogen (secondary N) is 2. The van der Waals surface area contributed by atoms with Crippen LogP contribution in [0.5, 0.6) is 0 Å². The summed E-state index contributed by atoms with van der Waals surface area (Å²) in [5.41, 5.74) is 3.02. The summed E-state index contributed by atoms with van der Waals surface area (Å²) in [7, 11) is 0. The third kappa shape index (κ3) is 3.43. The van der Waals surface area contributed by atoms with Crippen molar-refractivity contribution in [3.8, 4) is 0 Å². The Morgan fingerprint density at radius 1 is 1.26 bits per heavy atom. The van der Waals surface area contributed by atoms with Crippen molar-refractivity contribution in [2.24, 2.45) is 0 Å². The topological polar surface area (TPSA) is 58.2 Å². The highest BCUT2D eigenvalue weighted by atomic mass is 79.9. The average molecular weight is 391 g/mol. The molecule has 2 N–H and O–H groups in total. The molecule has 2 aromatic carbocycles.